The van der Waals surface area contributed by atoms with Gasteiger partial charge in [-0.05, 0) is 33.7 Å². The minimum atomic E-state index is -0.368. The summed E-state index contributed by atoms with van der Waals surface area (Å²) < 4.78 is 10.5. The maximum absolute atomic E-state index is 12.7. The van der Waals surface area contributed by atoms with Gasteiger partial charge in [0.05, 0.1) is 12.8 Å². The Morgan fingerprint density at radius 2 is 2.29 bits per heavy atom. The number of methoxy groups -OCH3 is 1. The maximum atomic E-state index is 12.7. The van der Waals surface area contributed by atoms with E-state index in [9.17, 15) is 4.79 Å². The third-order valence-corrected chi connectivity index (χ3v) is 3.77. The Morgan fingerprint density at radius 1 is 1.50 bits per heavy atom. The van der Waals surface area contributed by atoms with Crippen LogP contribution >= 0.6 is 0 Å². The third kappa shape index (κ3) is 5.04. The van der Waals surface area contributed by atoms with Crippen molar-refractivity contribution in [2.45, 2.75) is 38.8 Å². The van der Waals surface area contributed by atoms with Gasteiger partial charge in [0.1, 0.15) is 0 Å². The predicted octanol–water partition coefficient (Wildman–Crippen LogP) is 1.50. The SMILES string of the molecule is COCCNc1cc(OC(=O)N(C2CCNC2)C(C)(C)C)cnn1. The van der Waals surface area contributed by atoms with Crippen LogP contribution in [-0.4, -0.2) is 66.1 Å². The first-order valence-electron chi connectivity index (χ1n) is 8.19. The first-order valence-corrected chi connectivity index (χ1v) is 8.19. The van der Waals surface area contributed by atoms with Gasteiger partial charge in [0.2, 0.25) is 0 Å². The summed E-state index contributed by atoms with van der Waals surface area (Å²) in [5.41, 5.74) is -0.326. The van der Waals surface area contributed by atoms with Crippen LogP contribution in [0.2, 0.25) is 0 Å². The summed E-state index contributed by atoms with van der Waals surface area (Å²) >= 11 is 0. The molecule has 1 unspecified atom stereocenters. The number of carbonyl (C=O) groups is 1. The van der Waals surface area contributed by atoms with Gasteiger partial charge in [-0.25, -0.2) is 4.79 Å². The smallest absolute Gasteiger partial charge is 0.408 e. The van der Waals surface area contributed by atoms with Gasteiger partial charge >= 0.3 is 6.09 Å². The standard InChI is InChI=1S/C16H27N5O3/c1-16(2,3)21(12-5-6-17-10-12)15(22)24-13-9-14(20-19-11-13)18-7-8-23-4/h9,11-12,17H,5-8,10H2,1-4H3,(H,18,20). The van der Waals surface area contributed by atoms with Gasteiger partial charge in [0.15, 0.2) is 11.6 Å². The summed E-state index contributed by atoms with van der Waals surface area (Å²) in [6, 6.07) is 1.79. The van der Waals surface area contributed by atoms with Crippen LogP contribution in [0.25, 0.3) is 0 Å². The average molecular weight is 337 g/mol. The molecule has 0 aromatic carbocycles. The normalized spacial score (nSPS) is 17.6. The van der Waals surface area contributed by atoms with E-state index < -0.39 is 0 Å². The zero-order valence-electron chi connectivity index (χ0n) is 14.8. The van der Waals surface area contributed by atoms with Gasteiger partial charge in [-0.3, -0.25) is 4.90 Å². The van der Waals surface area contributed by atoms with Crippen molar-refractivity contribution in [3.05, 3.63) is 12.3 Å². The number of nitrogens with one attached hydrogen (secondary N) is 2. The molecule has 1 amide bonds. The van der Waals surface area contributed by atoms with Crippen LogP contribution in [0.15, 0.2) is 12.3 Å². The van der Waals surface area contributed by atoms with Crippen LogP contribution < -0.4 is 15.4 Å². The molecule has 1 saturated heterocycles. The van der Waals surface area contributed by atoms with Gasteiger partial charge in [0.25, 0.3) is 0 Å². The Bertz CT molecular complexity index is 541. The number of amides is 1. The average Bonchev–Trinajstić information content (AvgIpc) is 3.00. The van der Waals surface area contributed by atoms with Crippen molar-refractivity contribution in [3.8, 4) is 5.75 Å². The van der Waals surface area contributed by atoms with E-state index in [-0.39, 0.29) is 17.7 Å². The van der Waals surface area contributed by atoms with Crippen LogP contribution in [0.4, 0.5) is 10.6 Å². The minimum Gasteiger partial charge on any atom is -0.408 e. The van der Waals surface area contributed by atoms with E-state index >= 15 is 0 Å². The van der Waals surface area contributed by atoms with Gasteiger partial charge in [-0.2, -0.15) is 5.10 Å². The highest BCUT2D eigenvalue weighted by atomic mass is 16.6. The number of hydrogen-bond donors (Lipinski definition) is 2. The van der Waals surface area contributed by atoms with E-state index in [2.05, 4.69) is 20.8 Å². The van der Waals surface area contributed by atoms with Crippen molar-refractivity contribution in [2.75, 3.05) is 38.7 Å². The third-order valence-electron chi connectivity index (χ3n) is 3.77. The molecule has 8 heteroatoms. The van der Waals surface area contributed by atoms with Crippen molar-refractivity contribution in [3.63, 3.8) is 0 Å². The Kier molecular flexibility index (Phi) is 6.33. The number of aromatic nitrogens is 2. The second kappa shape index (κ2) is 8.25. The molecule has 0 saturated carbocycles. The Labute approximate surface area is 142 Å². The fourth-order valence-corrected chi connectivity index (χ4v) is 2.75. The fraction of sp³-hybridized carbons (Fsp3) is 0.688. The number of anilines is 1. The molecule has 2 rings (SSSR count). The van der Waals surface area contributed by atoms with E-state index in [4.69, 9.17) is 9.47 Å². The van der Waals surface area contributed by atoms with E-state index in [0.29, 0.717) is 24.7 Å². The molecule has 0 radical (unpaired) electrons. The quantitative estimate of drug-likeness (QED) is 0.760. The fourth-order valence-electron chi connectivity index (χ4n) is 2.75. The second-order valence-electron chi connectivity index (χ2n) is 6.75. The van der Waals surface area contributed by atoms with Crippen LogP contribution in [0.3, 0.4) is 0 Å². The monoisotopic (exact) mass is 337 g/mol. The van der Waals surface area contributed by atoms with Gasteiger partial charge in [-0.1, -0.05) is 0 Å². The predicted molar refractivity (Wildman–Crippen MR) is 91.3 cm³/mol. The Morgan fingerprint density at radius 3 is 2.92 bits per heavy atom. The molecule has 8 nitrogen and oxygen atoms in total. The van der Waals surface area contributed by atoms with Gasteiger partial charge < -0.3 is 20.1 Å². The lowest BCUT2D eigenvalue weighted by Gasteiger charge is -2.38. The molecule has 0 bridgehead atoms. The summed E-state index contributed by atoms with van der Waals surface area (Å²) in [5, 5.41) is 14.2. The zero-order valence-corrected chi connectivity index (χ0v) is 14.8. The van der Waals surface area contributed by atoms with E-state index in [0.717, 1.165) is 19.5 Å². The molecule has 1 aliphatic rings. The molecule has 134 valence electrons. The molecule has 2 heterocycles. The highest BCUT2D eigenvalue weighted by Gasteiger charge is 2.36. The summed E-state index contributed by atoms with van der Waals surface area (Å²) in [7, 11) is 1.63. The molecule has 1 aromatic rings. The molecule has 1 aromatic heterocycles. The van der Waals surface area contributed by atoms with E-state index in [1.807, 2.05) is 20.8 Å². The van der Waals surface area contributed by atoms with Gasteiger partial charge in [0, 0.05) is 37.8 Å². The first-order chi connectivity index (χ1) is 11.4. The summed E-state index contributed by atoms with van der Waals surface area (Å²) in [4.78, 5) is 14.5. The van der Waals surface area contributed by atoms with Crippen molar-refractivity contribution < 1.29 is 14.3 Å². The lowest BCUT2D eigenvalue weighted by molar-refractivity contribution is 0.0813. The van der Waals surface area contributed by atoms with E-state index in [1.165, 1.54) is 6.20 Å². The van der Waals surface area contributed by atoms with E-state index in [1.54, 1.807) is 18.1 Å². The number of ether oxygens (including phenoxy) is 2. The largest absolute Gasteiger partial charge is 0.416 e. The molecular weight excluding hydrogens is 310 g/mol. The number of hydrogen-bond acceptors (Lipinski definition) is 7. The molecule has 24 heavy (non-hydrogen) atoms. The molecule has 1 fully saturated rings. The first kappa shape index (κ1) is 18.4. The maximum Gasteiger partial charge on any atom is 0.416 e. The lowest BCUT2D eigenvalue weighted by atomic mass is 10.0. The Balaban J connectivity index is 2.04. The van der Waals surface area contributed by atoms with Crippen molar-refractivity contribution in [1.82, 2.24) is 20.4 Å². The molecule has 1 aliphatic heterocycles. The summed E-state index contributed by atoms with van der Waals surface area (Å²) in [6.07, 6.45) is 1.99. The molecule has 0 aliphatic carbocycles. The van der Waals surface area contributed by atoms with Crippen molar-refractivity contribution in [2.24, 2.45) is 0 Å². The second-order valence-corrected chi connectivity index (χ2v) is 6.75. The zero-order chi connectivity index (χ0) is 17.6. The van der Waals surface area contributed by atoms with Crippen LogP contribution in [0.5, 0.6) is 5.75 Å². The van der Waals surface area contributed by atoms with Crippen LogP contribution in [-0.2, 0) is 4.74 Å². The highest BCUT2D eigenvalue weighted by molar-refractivity contribution is 5.72. The molecule has 1 atom stereocenters. The van der Waals surface area contributed by atoms with Crippen molar-refractivity contribution >= 4 is 11.9 Å². The van der Waals surface area contributed by atoms with Gasteiger partial charge in [-0.15, -0.1) is 5.10 Å². The topological polar surface area (TPSA) is 88.6 Å². The number of nitrogens with zero attached hydrogens (tertiary/aromatic N) is 3. The number of carbonyl (C=O) groups excluding carboxylic acids is 1. The van der Waals surface area contributed by atoms with Crippen molar-refractivity contribution in [1.29, 1.82) is 0 Å². The summed E-state index contributed by atoms with van der Waals surface area (Å²) in [6.45, 7) is 8.88. The highest BCUT2D eigenvalue weighted by Crippen LogP contribution is 2.23. The number of rotatable bonds is 6. The van der Waals surface area contributed by atoms with Crippen LogP contribution in [0, 0.1) is 0 Å². The summed E-state index contributed by atoms with van der Waals surface area (Å²) in [5.74, 6) is 0.914. The molecule has 0 spiro atoms. The Hall–Kier alpha value is -1.93. The molecular formula is C16H27N5O3. The minimum absolute atomic E-state index is 0.131. The van der Waals surface area contributed by atoms with Crippen LogP contribution in [0.1, 0.15) is 27.2 Å². The lowest BCUT2D eigenvalue weighted by Crippen LogP contribution is -2.53. The molecule has 2 N–H and O–H groups in total.